The number of ether oxygens (including phenoxy) is 1. The number of rotatable bonds is 3. The summed E-state index contributed by atoms with van der Waals surface area (Å²) in [4.78, 5) is 13.3. The van der Waals surface area contributed by atoms with Crippen LogP contribution in [-0.4, -0.2) is 34.8 Å². The summed E-state index contributed by atoms with van der Waals surface area (Å²) in [7, 11) is 1.63. The summed E-state index contributed by atoms with van der Waals surface area (Å²) < 4.78 is 5.28. The van der Waals surface area contributed by atoms with E-state index < -0.39 is 17.8 Å². The average molecular weight is 265 g/mol. The Balaban J connectivity index is 2.72. The molecule has 4 nitrogen and oxygen atoms in total. The lowest BCUT2D eigenvalue weighted by Gasteiger charge is -2.31. The highest BCUT2D eigenvalue weighted by Gasteiger charge is 2.27. The minimum atomic E-state index is -0.737. The maximum absolute atomic E-state index is 11.9. The number of carbonyl (C=O) groups excluding carboxylic acids is 1. The molecule has 1 aromatic carbocycles. The molecule has 0 aliphatic heterocycles. The summed E-state index contributed by atoms with van der Waals surface area (Å²) in [5, 5.41) is 10.3. The number of carbonyl (C=O) groups is 1. The van der Waals surface area contributed by atoms with Crippen LogP contribution in [0.1, 0.15) is 39.4 Å². The summed E-state index contributed by atoms with van der Waals surface area (Å²) in [6, 6.07) is 8.92. The molecule has 0 saturated carbocycles. The van der Waals surface area contributed by atoms with Crippen LogP contribution < -0.4 is 0 Å². The summed E-state index contributed by atoms with van der Waals surface area (Å²) in [5.74, 6) is 0. The normalized spacial score (nSPS) is 14.6. The topological polar surface area (TPSA) is 49.8 Å². The van der Waals surface area contributed by atoms with Gasteiger partial charge in [-0.05, 0) is 33.3 Å². The number of hydrogen-bond donors (Lipinski definition) is 1. The Morgan fingerprint density at radius 3 is 2.26 bits per heavy atom. The zero-order chi connectivity index (χ0) is 14.6. The van der Waals surface area contributed by atoms with Crippen LogP contribution in [0.15, 0.2) is 30.3 Å². The molecule has 0 bridgehead atoms. The van der Waals surface area contributed by atoms with Crippen molar-refractivity contribution in [3.8, 4) is 0 Å². The molecule has 1 aromatic rings. The Morgan fingerprint density at radius 2 is 1.79 bits per heavy atom. The minimum absolute atomic E-state index is 0.364. The Bertz CT molecular complexity index is 411. The van der Waals surface area contributed by atoms with Crippen LogP contribution in [0.5, 0.6) is 0 Å². The number of amides is 1. The molecule has 106 valence electrons. The lowest BCUT2D eigenvalue weighted by atomic mass is 10.0. The summed E-state index contributed by atoms with van der Waals surface area (Å²) in [5.41, 5.74) is 0.244. The molecular weight excluding hydrogens is 242 g/mol. The average Bonchev–Trinajstić information content (AvgIpc) is 2.35. The number of benzene rings is 1. The molecule has 2 atom stereocenters. The molecule has 0 radical (unpaired) electrons. The van der Waals surface area contributed by atoms with Crippen LogP contribution in [0.25, 0.3) is 0 Å². The van der Waals surface area contributed by atoms with Gasteiger partial charge in [0, 0.05) is 7.05 Å². The van der Waals surface area contributed by atoms with E-state index in [-0.39, 0.29) is 6.04 Å². The van der Waals surface area contributed by atoms with Gasteiger partial charge in [-0.15, -0.1) is 0 Å². The van der Waals surface area contributed by atoms with Gasteiger partial charge in [0.2, 0.25) is 0 Å². The van der Waals surface area contributed by atoms with Crippen molar-refractivity contribution in [1.82, 2.24) is 4.90 Å². The molecular formula is C15H23NO3. The number of likely N-dealkylation sites (N-methyl/N-ethyl adjacent to an activating group) is 1. The van der Waals surface area contributed by atoms with E-state index in [9.17, 15) is 9.90 Å². The first-order valence-electron chi connectivity index (χ1n) is 6.41. The van der Waals surface area contributed by atoms with Crippen molar-refractivity contribution < 1.29 is 14.6 Å². The van der Waals surface area contributed by atoms with Gasteiger partial charge in [0.25, 0.3) is 0 Å². The zero-order valence-electron chi connectivity index (χ0n) is 12.3. The third-order valence-corrected chi connectivity index (χ3v) is 2.89. The maximum Gasteiger partial charge on any atom is 0.410 e. The molecule has 1 rings (SSSR count). The van der Waals surface area contributed by atoms with Gasteiger partial charge in [-0.3, -0.25) is 0 Å². The third kappa shape index (κ3) is 4.56. The second kappa shape index (κ2) is 6.06. The molecule has 0 aromatic heterocycles. The molecule has 0 saturated heterocycles. The predicted molar refractivity (Wildman–Crippen MR) is 74.9 cm³/mol. The van der Waals surface area contributed by atoms with E-state index in [1.54, 1.807) is 14.0 Å². The van der Waals surface area contributed by atoms with E-state index in [2.05, 4.69) is 0 Å². The highest BCUT2D eigenvalue weighted by molar-refractivity contribution is 5.68. The first-order valence-corrected chi connectivity index (χ1v) is 6.41. The first-order chi connectivity index (χ1) is 8.72. The van der Waals surface area contributed by atoms with Gasteiger partial charge in [0.05, 0.1) is 12.1 Å². The Hall–Kier alpha value is -1.55. The Labute approximate surface area is 115 Å². The molecule has 0 fully saturated rings. The van der Waals surface area contributed by atoms with E-state index in [1.807, 2.05) is 51.1 Å². The fraction of sp³-hybridized carbons (Fsp3) is 0.533. The largest absolute Gasteiger partial charge is 0.444 e. The standard InChI is InChI=1S/C15H23NO3/c1-11(13(17)12-9-7-6-8-10-12)16(5)14(18)19-15(2,3)4/h6-11,13,17H,1-5H3/t11-,13+/m1/s1. The third-order valence-electron chi connectivity index (χ3n) is 2.89. The molecule has 1 N–H and O–H groups in total. The van der Waals surface area contributed by atoms with E-state index in [1.165, 1.54) is 4.90 Å². The number of aliphatic hydroxyl groups excluding tert-OH is 1. The fourth-order valence-corrected chi connectivity index (χ4v) is 1.64. The van der Waals surface area contributed by atoms with Crippen LogP contribution in [0.2, 0.25) is 0 Å². The van der Waals surface area contributed by atoms with E-state index >= 15 is 0 Å². The lowest BCUT2D eigenvalue weighted by Crippen LogP contribution is -2.42. The van der Waals surface area contributed by atoms with Gasteiger partial charge in [0.1, 0.15) is 5.60 Å². The smallest absolute Gasteiger partial charge is 0.410 e. The van der Waals surface area contributed by atoms with Gasteiger partial charge in [-0.25, -0.2) is 4.79 Å². The van der Waals surface area contributed by atoms with Crippen LogP contribution in [0, 0.1) is 0 Å². The highest BCUT2D eigenvalue weighted by atomic mass is 16.6. The number of nitrogens with zero attached hydrogens (tertiary/aromatic N) is 1. The van der Waals surface area contributed by atoms with Crippen molar-refractivity contribution in [1.29, 1.82) is 0 Å². The summed E-state index contributed by atoms with van der Waals surface area (Å²) in [6.07, 6.45) is -1.17. The molecule has 0 heterocycles. The van der Waals surface area contributed by atoms with Crippen molar-refractivity contribution >= 4 is 6.09 Å². The Morgan fingerprint density at radius 1 is 1.26 bits per heavy atom. The minimum Gasteiger partial charge on any atom is -0.444 e. The molecule has 0 spiro atoms. The SMILES string of the molecule is C[C@H]([C@H](O)c1ccccc1)N(C)C(=O)OC(C)(C)C. The molecule has 4 heteroatoms. The van der Waals surface area contributed by atoms with E-state index in [0.29, 0.717) is 0 Å². The van der Waals surface area contributed by atoms with Crippen molar-refractivity contribution in [2.45, 2.75) is 45.4 Å². The highest BCUT2D eigenvalue weighted by Crippen LogP contribution is 2.21. The van der Waals surface area contributed by atoms with E-state index in [0.717, 1.165) is 5.56 Å². The van der Waals surface area contributed by atoms with Gasteiger partial charge >= 0.3 is 6.09 Å². The molecule has 0 unspecified atom stereocenters. The van der Waals surface area contributed by atoms with Gasteiger partial charge in [-0.2, -0.15) is 0 Å². The van der Waals surface area contributed by atoms with Gasteiger partial charge in [0.15, 0.2) is 0 Å². The van der Waals surface area contributed by atoms with Crippen LogP contribution >= 0.6 is 0 Å². The number of hydrogen-bond acceptors (Lipinski definition) is 3. The molecule has 1 amide bonds. The summed E-state index contributed by atoms with van der Waals surface area (Å²) >= 11 is 0. The van der Waals surface area contributed by atoms with Gasteiger partial charge in [-0.1, -0.05) is 30.3 Å². The monoisotopic (exact) mass is 265 g/mol. The number of aliphatic hydroxyl groups is 1. The predicted octanol–water partition coefficient (Wildman–Crippen LogP) is 2.98. The van der Waals surface area contributed by atoms with Crippen LogP contribution in [-0.2, 0) is 4.74 Å². The second-order valence-electron chi connectivity index (χ2n) is 5.69. The van der Waals surface area contributed by atoms with Crippen molar-refractivity contribution in [2.75, 3.05) is 7.05 Å². The van der Waals surface area contributed by atoms with E-state index in [4.69, 9.17) is 4.74 Å². The molecule has 19 heavy (non-hydrogen) atoms. The van der Waals surface area contributed by atoms with Crippen molar-refractivity contribution in [2.24, 2.45) is 0 Å². The first kappa shape index (κ1) is 15.5. The lowest BCUT2D eigenvalue weighted by molar-refractivity contribution is 0.00518. The van der Waals surface area contributed by atoms with Crippen molar-refractivity contribution in [3.05, 3.63) is 35.9 Å². The fourth-order valence-electron chi connectivity index (χ4n) is 1.64. The quantitative estimate of drug-likeness (QED) is 0.914. The Kier molecular flexibility index (Phi) is 4.95. The van der Waals surface area contributed by atoms with Crippen molar-refractivity contribution in [3.63, 3.8) is 0 Å². The summed E-state index contributed by atoms with van der Waals surface area (Å²) in [6.45, 7) is 7.24. The van der Waals surface area contributed by atoms with Crippen LogP contribution in [0.4, 0.5) is 4.79 Å². The zero-order valence-corrected chi connectivity index (χ0v) is 12.3. The van der Waals surface area contributed by atoms with Crippen LogP contribution in [0.3, 0.4) is 0 Å². The second-order valence-corrected chi connectivity index (χ2v) is 5.69. The maximum atomic E-state index is 11.9. The molecule has 0 aliphatic carbocycles. The molecule has 0 aliphatic rings. The van der Waals surface area contributed by atoms with Gasteiger partial charge < -0.3 is 14.7 Å².